The summed E-state index contributed by atoms with van der Waals surface area (Å²) in [6.45, 7) is 1.94. The molecule has 33 heavy (non-hydrogen) atoms. The fourth-order valence-corrected chi connectivity index (χ4v) is 2.15. The summed E-state index contributed by atoms with van der Waals surface area (Å²) in [5.74, 6) is -1.81. The second kappa shape index (κ2) is 15.8. The van der Waals surface area contributed by atoms with Crippen molar-refractivity contribution in [3.63, 3.8) is 0 Å². The number of carbonyl (C=O) groups excluding carboxylic acids is 2. The van der Waals surface area contributed by atoms with Crippen molar-refractivity contribution in [1.29, 1.82) is 0 Å². The molecule has 0 saturated carbocycles. The van der Waals surface area contributed by atoms with E-state index < -0.39 is 11.9 Å². The van der Waals surface area contributed by atoms with E-state index in [1.165, 1.54) is 0 Å². The molecular weight excluding hydrogens is 467 g/mol. The van der Waals surface area contributed by atoms with Crippen LogP contribution in [0.2, 0.25) is 0 Å². The van der Waals surface area contributed by atoms with Crippen LogP contribution in [0.25, 0.3) is 0 Å². The summed E-state index contributed by atoms with van der Waals surface area (Å²) >= 11 is 0. The van der Waals surface area contributed by atoms with E-state index in [4.69, 9.17) is 19.8 Å². The summed E-state index contributed by atoms with van der Waals surface area (Å²) in [4.78, 5) is 26.6. The predicted molar refractivity (Wildman–Crippen MR) is 119 cm³/mol. The van der Waals surface area contributed by atoms with Gasteiger partial charge >= 0.3 is 17.1 Å². The molecule has 0 aliphatic rings. The smallest absolute Gasteiger partial charge is 0.550 e. The number of aliphatic imine (C=N–C) groups is 2. The number of aromatic hydroxyl groups is 2. The number of hydrogen-bond donors (Lipinski definition) is 2. The van der Waals surface area contributed by atoms with Gasteiger partial charge in [0, 0.05) is 35.5 Å². The third-order valence-electron chi connectivity index (χ3n) is 3.44. The van der Waals surface area contributed by atoms with Crippen LogP contribution in [-0.4, -0.2) is 34.6 Å². The average Bonchev–Trinajstić information content (AvgIpc) is 2.72. The molecule has 0 unspecified atom stereocenters. The van der Waals surface area contributed by atoms with Crippen LogP contribution < -0.4 is 10.2 Å². The Labute approximate surface area is 202 Å². The van der Waals surface area contributed by atoms with Gasteiger partial charge in [-0.25, -0.2) is 0 Å². The van der Waals surface area contributed by atoms with Crippen LogP contribution in [0, 0.1) is 0 Å². The molecule has 171 valence electrons. The van der Waals surface area contributed by atoms with Gasteiger partial charge in [0.25, 0.3) is 0 Å². The average molecular weight is 489 g/mol. The Morgan fingerprint density at radius 2 is 0.939 bits per heavy atom. The Balaban J connectivity index is 0.000000991. The van der Waals surface area contributed by atoms with E-state index in [1.807, 2.05) is 36.4 Å². The van der Waals surface area contributed by atoms with Crippen LogP contribution in [0.1, 0.15) is 25.0 Å². The molecule has 0 bridgehead atoms. The monoisotopic (exact) mass is 489 g/mol. The molecule has 2 N–H and O–H groups in total. The minimum Gasteiger partial charge on any atom is -0.550 e. The first-order chi connectivity index (χ1) is 15.2. The first-order valence-corrected chi connectivity index (χ1v) is 9.29. The Morgan fingerprint density at radius 3 is 1.24 bits per heavy atom. The number of hydrogen-bond acceptors (Lipinski definition) is 8. The Hall–Kier alpha value is -3.94. The minimum atomic E-state index is -1.08. The second-order valence-corrected chi connectivity index (χ2v) is 6.11. The molecular formula is C24H22MnN2O6. The van der Waals surface area contributed by atoms with Crippen molar-refractivity contribution in [2.45, 2.75) is 13.8 Å². The van der Waals surface area contributed by atoms with Gasteiger partial charge in [-0.05, 0) is 50.2 Å². The van der Waals surface area contributed by atoms with E-state index in [9.17, 15) is 10.2 Å². The Kier molecular flexibility index (Phi) is 13.9. The largest absolute Gasteiger partial charge is 2.00 e. The van der Waals surface area contributed by atoms with Crippen molar-refractivity contribution >= 4 is 35.7 Å². The number of phenols is 2. The maximum atomic E-state index is 9.79. The number of para-hydroxylation sites is 4. The zero-order valence-corrected chi connectivity index (χ0v) is 19.1. The standard InChI is InChI=1S/C20H16N2O2.2C2H4O2.Mn/c23-19-11-5-1-7-15(19)13-21-17-9-3-4-10-18(17)22-14-16-8-2-6-12-20(16)24;2*1-2(3)4;/h1-14,23-24H;2*1H3,(H,3,4);/q;;;+2/p-2. The van der Waals surface area contributed by atoms with Gasteiger partial charge in [0.15, 0.2) is 0 Å². The number of phenolic OH excluding ortho intramolecular Hbond substituents is 2. The van der Waals surface area contributed by atoms with Gasteiger partial charge in [-0.2, -0.15) is 0 Å². The summed E-state index contributed by atoms with van der Waals surface area (Å²) < 4.78 is 0. The molecule has 9 heteroatoms. The summed E-state index contributed by atoms with van der Waals surface area (Å²) in [5, 5.41) is 37.4. The summed E-state index contributed by atoms with van der Waals surface area (Å²) in [5.41, 5.74) is 2.62. The topological polar surface area (TPSA) is 145 Å². The molecule has 3 aromatic carbocycles. The number of rotatable bonds is 4. The first kappa shape index (κ1) is 29.1. The van der Waals surface area contributed by atoms with Crippen molar-refractivity contribution in [2.75, 3.05) is 0 Å². The third-order valence-corrected chi connectivity index (χ3v) is 3.44. The van der Waals surface area contributed by atoms with Crippen LogP contribution >= 0.6 is 0 Å². The Morgan fingerprint density at radius 1 is 0.667 bits per heavy atom. The van der Waals surface area contributed by atoms with Gasteiger partial charge < -0.3 is 30.0 Å². The summed E-state index contributed by atoms with van der Waals surface area (Å²) in [7, 11) is 0. The molecule has 8 nitrogen and oxygen atoms in total. The molecule has 3 aromatic rings. The second-order valence-electron chi connectivity index (χ2n) is 6.11. The molecule has 0 amide bonds. The first-order valence-electron chi connectivity index (χ1n) is 9.29. The van der Waals surface area contributed by atoms with Crippen LogP contribution in [-0.2, 0) is 26.7 Å². The van der Waals surface area contributed by atoms with E-state index >= 15 is 0 Å². The molecule has 0 atom stereocenters. The zero-order valence-electron chi connectivity index (χ0n) is 17.9. The van der Waals surface area contributed by atoms with Crippen molar-refractivity contribution in [2.24, 2.45) is 9.98 Å². The van der Waals surface area contributed by atoms with Crippen LogP contribution in [0.5, 0.6) is 11.5 Å². The van der Waals surface area contributed by atoms with E-state index in [1.54, 1.807) is 48.8 Å². The molecule has 0 fully saturated rings. The molecule has 0 spiro atoms. The van der Waals surface area contributed by atoms with Crippen molar-refractivity contribution in [3.8, 4) is 11.5 Å². The fourth-order valence-electron chi connectivity index (χ4n) is 2.15. The normalized spacial score (nSPS) is 9.76. The maximum Gasteiger partial charge on any atom is 2.00 e. The number of aliphatic carboxylic acids is 2. The SMILES string of the molecule is CC(=O)[O-].CC(=O)[O-].Oc1ccccc1C=Nc1ccccc1N=Cc1ccccc1O.[Mn+2]. The molecule has 0 aliphatic heterocycles. The Bertz CT molecular complexity index is 1010. The van der Waals surface area contributed by atoms with E-state index in [0.29, 0.717) is 22.5 Å². The number of benzene rings is 3. The molecule has 0 saturated heterocycles. The van der Waals surface area contributed by atoms with Gasteiger partial charge in [0.05, 0.1) is 11.4 Å². The molecule has 0 aromatic heterocycles. The molecule has 0 heterocycles. The maximum absolute atomic E-state index is 9.79. The number of nitrogens with zero attached hydrogens (tertiary/aromatic N) is 2. The zero-order chi connectivity index (χ0) is 23.9. The van der Waals surface area contributed by atoms with Crippen LogP contribution in [0.3, 0.4) is 0 Å². The van der Waals surface area contributed by atoms with Gasteiger partial charge in [-0.3, -0.25) is 9.98 Å². The van der Waals surface area contributed by atoms with Crippen molar-refractivity contribution < 1.29 is 47.1 Å². The summed E-state index contributed by atoms with van der Waals surface area (Å²) in [6, 6.07) is 21.4. The van der Waals surface area contributed by atoms with Crippen LogP contribution in [0.4, 0.5) is 11.4 Å². The van der Waals surface area contributed by atoms with E-state index in [-0.39, 0.29) is 28.6 Å². The van der Waals surface area contributed by atoms with Gasteiger partial charge in [0.1, 0.15) is 11.5 Å². The summed E-state index contributed by atoms with van der Waals surface area (Å²) in [6.07, 6.45) is 3.20. The number of carboxylic acids is 2. The minimum absolute atomic E-state index is 0. The third kappa shape index (κ3) is 12.5. The molecule has 0 aliphatic carbocycles. The molecule has 1 radical (unpaired) electrons. The van der Waals surface area contributed by atoms with Crippen molar-refractivity contribution in [3.05, 3.63) is 83.9 Å². The van der Waals surface area contributed by atoms with Crippen LogP contribution in [0.15, 0.2) is 82.8 Å². The quantitative estimate of drug-likeness (QED) is 0.424. The van der Waals surface area contributed by atoms with Crippen molar-refractivity contribution in [1.82, 2.24) is 0 Å². The number of carboxylic acid groups (broad SMARTS) is 2. The van der Waals surface area contributed by atoms with Gasteiger partial charge in [-0.1, -0.05) is 36.4 Å². The predicted octanol–water partition coefficient (Wildman–Crippen LogP) is 2.11. The van der Waals surface area contributed by atoms with E-state index in [0.717, 1.165) is 13.8 Å². The molecule has 3 rings (SSSR count). The van der Waals surface area contributed by atoms with Gasteiger partial charge in [-0.15, -0.1) is 0 Å². The fraction of sp³-hybridized carbons (Fsp3) is 0.0833. The number of carbonyl (C=O) groups is 2. The van der Waals surface area contributed by atoms with Gasteiger partial charge in [0.2, 0.25) is 0 Å². The van der Waals surface area contributed by atoms with E-state index in [2.05, 4.69) is 9.98 Å².